The first-order valence-electron chi connectivity index (χ1n) is 16.0. The fourth-order valence-corrected chi connectivity index (χ4v) is 7.82. The van der Waals surface area contributed by atoms with Crippen LogP contribution < -0.4 is 14.5 Å². The summed E-state index contributed by atoms with van der Waals surface area (Å²) in [5.41, 5.74) is 3.66. The van der Waals surface area contributed by atoms with Crippen LogP contribution in [0.5, 0.6) is 11.5 Å². The van der Waals surface area contributed by atoms with E-state index in [0.717, 1.165) is 37.4 Å². The number of thioether (sulfide) groups is 1. The molecule has 0 aliphatic carbocycles. The molecule has 10 heteroatoms. The van der Waals surface area contributed by atoms with Crippen molar-refractivity contribution in [2.75, 3.05) is 19.0 Å². The van der Waals surface area contributed by atoms with Gasteiger partial charge in [0.05, 0.1) is 13.2 Å². The number of benzene rings is 4. The third kappa shape index (κ3) is 8.56. The molecule has 2 amide bonds. The molecule has 3 atom stereocenters. The summed E-state index contributed by atoms with van der Waals surface area (Å²) in [6.45, 7) is 11.2. The van der Waals surface area contributed by atoms with Crippen molar-refractivity contribution in [2.45, 2.75) is 62.0 Å². The highest BCUT2D eigenvalue weighted by molar-refractivity contribution is 14.1. The Labute approximate surface area is 303 Å². The van der Waals surface area contributed by atoms with E-state index in [0.29, 0.717) is 5.75 Å². The van der Waals surface area contributed by atoms with E-state index in [-0.39, 0.29) is 17.6 Å². The monoisotopic (exact) mass is 794 g/mol. The molecule has 0 unspecified atom stereocenters. The second kappa shape index (κ2) is 15.4. The summed E-state index contributed by atoms with van der Waals surface area (Å²) >= 11 is 3.78. The average molecular weight is 795 g/mol. The molecule has 4 aromatic carbocycles. The zero-order valence-electron chi connectivity index (χ0n) is 28.2. The number of carbonyl (C=O) groups excluding carboxylic acids is 2. The third-order valence-corrected chi connectivity index (χ3v) is 15.4. The summed E-state index contributed by atoms with van der Waals surface area (Å²) in [5.74, 6) is 1.80. The van der Waals surface area contributed by atoms with E-state index >= 15 is 0 Å². The van der Waals surface area contributed by atoms with Gasteiger partial charge >= 0.3 is 6.09 Å². The molecular formula is C38H43IN2O5SSi. The van der Waals surface area contributed by atoms with Crippen LogP contribution in [0.4, 0.5) is 10.5 Å². The van der Waals surface area contributed by atoms with Crippen LogP contribution in [0.2, 0.25) is 18.1 Å². The van der Waals surface area contributed by atoms with Gasteiger partial charge in [0.1, 0.15) is 29.4 Å². The van der Waals surface area contributed by atoms with Gasteiger partial charge in [0.2, 0.25) is 14.2 Å². The average Bonchev–Trinajstić information content (AvgIpc) is 3.46. The van der Waals surface area contributed by atoms with Crippen molar-refractivity contribution >= 4 is 60.4 Å². The van der Waals surface area contributed by atoms with Gasteiger partial charge in [0.15, 0.2) is 0 Å². The summed E-state index contributed by atoms with van der Waals surface area (Å²) in [4.78, 5) is 29.4. The van der Waals surface area contributed by atoms with E-state index in [9.17, 15) is 9.59 Å². The third-order valence-electron chi connectivity index (χ3n) is 9.01. The van der Waals surface area contributed by atoms with Crippen LogP contribution in [0, 0.1) is 3.57 Å². The fraction of sp³-hybridized carbons (Fsp3) is 0.316. The van der Waals surface area contributed by atoms with Gasteiger partial charge in [-0.2, -0.15) is 0 Å². The van der Waals surface area contributed by atoms with Crippen molar-refractivity contribution in [3.8, 4) is 11.5 Å². The quantitative estimate of drug-likeness (QED) is 0.113. The van der Waals surface area contributed by atoms with Crippen LogP contribution in [0.15, 0.2) is 103 Å². The van der Waals surface area contributed by atoms with E-state index in [2.05, 4.69) is 61.8 Å². The number of hydrogen-bond acceptors (Lipinski definition) is 7. The number of nitrogens with one attached hydrogen (secondary N) is 1. The van der Waals surface area contributed by atoms with Crippen LogP contribution in [0.1, 0.15) is 49.5 Å². The molecule has 7 nitrogen and oxygen atoms in total. The molecule has 1 heterocycles. The molecule has 1 aliphatic heterocycles. The molecule has 1 N–H and O–H groups in total. The minimum absolute atomic E-state index is 0.0514. The van der Waals surface area contributed by atoms with Crippen LogP contribution >= 0.6 is 34.4 Å². The molecule has 1 aliphatic rings. The Balaban J connectivity index is 1.55. The largest absolute Gasteiger partial charge is 0.544 e. The lowest BCUT2D eigenvalue weighted by molar-refractivity contribution is -0.129. The summed E-state index contributed by atoms with van der Waals surface area (Å²) in [5, 5.41) is 3.02. The van der Waals surface area contributed by atoms with Crippen LogP contribution in [-0.2, 0) is 15.3 Å². The summed E-state index contributed by atoms with van der Waals surface area (Å²) in [7, 11) is -0.421. The molecule has 0 aromatic heterocycles. The number of methoxy groups -OCH3 is 1. The number of carbonyl (C=O) groups is 2. The zero-order chi connectivity index (χ0) is 34.5. The van der Waals surface area contributed by atoms with E-state index < -0.39 is 31.7 Å². The Bertz CT molecular complexity index is 1680. The van der Waals surface area contributed by atoms with Gasteiger partial charge in [0, 0.05) is 15.0 Å². The number of cyclic esters (lactones) is 1. The number of ether oxygens (including phenoxy) is 2. The number of hydrogen-bond donors (Lipinski definition) is 1. The van der Waals surface area contributed by atoms with Crippen LogP contribution in [-0.4, -0.2) is 44.2 Å². The van der Waals surface area contributed by atoms with Crippen LogP contribution in [0.25, 0.3) is 0 Å². The van der Waals surface area contributed by atoms with Crippen molar-refractivity contribution in [3.05, 3.63) is 123 Å². The van der Waals surface area contributed by atoms with E-state index in [1.165, 1.54) is 16.7 Å². The fourth-order valence-electron chi connectivity index (χ4n) is 5.19. The maximum absolute atomic E-state index is 14.8. The minimum Gasteiger partial charge on any atom is -0.544 e. The van der Waals surface area contributed by atoms with E-state index in [1.54, 1.807) is 7.11 Å². The van der Waals surface area contributed by atoms with Gasteiger partial charge in [-0.1, -0.05) is 75.4 Å². The maximum atomic E-state index is 14.8. The Hall–Kier alpha value is -3.48. The zero-order valence-corrected chi connectivity index (χ0v) is 32.2. The standard InChI is InChI=1S/C38H43IN2O5SSi/c1-38(2,3)48(5,6)46-32-22-14-28(15-23-32)34(40-30-18-16-29(39)17-19-30)35(47-25-26-12-20-31(44-4)21-13-26)36(42)41-33(24-45-37(41)43)27-10-8-7-9-11-27/h7-23,33-35,40H,24-25H2,1-6H3/t33-,34-,35-/m1/s1. The highest BCUT2D eigenvalue weighted by Gasteiger charge is 2.44. The molecule has 1 saturated heterocycles. The number of rotatable bonds is 12. The second-order valence-electron chi connectivity index (χ2n) is 13.4. The Morgan fingerprint density at radius 1 is 0.958 bits per heavy atom. The van der Waals surface area contributed by atoms with E-state index in [1.807, 2.05) is 103 Å². The number of halogens is 1. The van der Waals surface area contributed by atoms with Crippen molar-refractivity contribution in [1.82, 2.24) is 4.90 Å². The predicted molar refractivity (Wildman–Crippen MR) is 205 cm³/mol. The van der Waals surface area contributed by atoms with Gasteiger partial charge < -0.3 is 19.2 Å². The highest BCUT2D eigenvalue weighted by atomic mass is 127. The Morgan fingerprint density at radius 2 is 1.58 bits per heavy atom. The normalized spacial score (nSPS) is 16.2. The minimum atomic E-state index is -2.06. The number of anilines is 1. The number of nitrogens with zero attached hydrogens (tertiary/aromatic N) is 1. The second-order valence-corrected chi connectivity index (χ2v) is 20.5. The molecule has 0 radical (unpaired) electrons. The summed E-state index contributed by atoms with van der Waals surface area (Å²) in [6, 6.07) is 32.5. The van der Waals surface area contributed by atoms with Gasteiger partial charge in [-0.15, -0.1) is 11.8 Å². The topological polar surface area (TPSA) is 77.1 Å². The lowest BCUT2D eigenvalue weighted by Crippen LogP contribution is -2.44. The lowest BCUT2D eigenvalue weighted by Gasteiger charge is -2.36. The summed E-state index contributed by atoms with van der Waals surface area (Å²) in [6.07, 6.45) is -0.630. The molecular weight excluding hydrogens is 751 g/mol. The van der Waals surface area contributed by atoms with Crippen molar-refractivity contribution in [1.29, 1.82) is 0 Å². The smallest absolute Gasteiger partial charge is 0.417 e. The summed E-state index contributed by atoms with van der Waals surface area (Å²) < 4.78 is 18.6. The number of imide groups is 1. The molecule has 252 valence electrons. The molecule has 0 saturated carbocycles. The van der Waals surface area contributed by atoms with Gasteiger partial charge in [-0.25, -0.2) is 9.69 Å². The molecule has 1 fully saturated rings. The first-order valence-corrected chi connectivity index (χ1v) is 21.0. The SMILES string of the molecule is COc1ccc(CS[C@@H](C(=O)N2C(=O)OC[C@@H]2c2ccccc2)[C@H](Nc2ccc(I)cc2)c2ccc(O[Si](C)(C)C(C)(C)C)cc2)cc1. The molecule has 4 aromatic rings. The van der Waals surface area contributed by atoms with E-state index in [4.69, 9.17) is 13.9 Å². The Kier molecular flexibility index (Phi) is 11.5. The van der Waals surface area contributed by atoms with Gasteiger partial charge in [0.25, 0.3) is 0 Å². The molecule has 0 spiro atoms. The van der Waals surface area contributed by atoms with Crippen molar-refractivity contribution < 1.29 is 23.5 Å². The number of amides is 2. The lowest BCUT2D eigenvalue weighted by atomic mass is 10.0. The van der Waals surface area contributed by atoms with Crippen molar-refractivity contribution in [2.24, 2.45) is 0 Å². The first-order chi connectivity index (χ1) is 22.9. The first kappa shape index (κ1) is 35.8. The Morgan fingerprint density at radius 3 is 2.19 bits per heavy atom. The van der Waals surface area contributed by atoms with Crippen molar-refractivity contribution in [3.63, 3.8) is 0 Å². The predicted octanol–water partition coefficient (Wildman–Crippen LogP) is 9.86. The highest BCUT2D eigenvalue weighted by Crippen LogP contribution is 2.40. The molecule has 0 bridgehead atoms. The van der Waals surface area contributed by atoms with Gasteiger partial charge in [-0.3, -0.25) is 4.79 Å². The van der Waals surface area contributed by atoms with Crippen LogP contribution in [0.3, 0.4) is 0 Å². The molecule has 5 rings (SSSR count). The maximum Gasteiger partial charge on any atom is 0.417 e. The van der Waals surface area contributed by atoms with Gasteiger partial charge in [-0.05, 0) is 106 Å². The molecule has 48 heavy (non-hydrogen) atoms.